The number of rotatable bonds is 6. The summed E-state index contributed by atoms with van der Waals surface area (Å²) in [6.07, 6.45) is 0.159. The molecule has 4 heteroatoms. The van der Waals surface area contributed by atoms with Crippen molar-refractivity contribution >= 4 is 0 Å². The maximum atomic E-state index is 13.9. The van der Waals surface area contributed by atoms with Gasteiger partial charge in [0.05, 0.1) is 13.2 Å². The van der Waals surface area contributed by atoms with Gasteiger partial charge in [-0.3, -0.25) is 0 Å². The number of hydrogen-bond acceptors (Lipinski definition) is 3. The number of methoxy groups -OCH3 is 2. The van der Waals surface area contributed by atoms with Gasteiger partial charge in [0.15, 0.2) is 11.6 Å². The van der Waals surface area contributed by atoms with Gasteiger partial charge in [0.25, 0.3) is 0 Å². The van der Waals surface area contributed by atoms with Crippen molar-refractivity contribution in [2.24, 2.45) is 0 Å². The van der Waals surface area contributed by atoms with Gasteiger partial charge >= 0.3 is 0 Å². The van der Waals surface area contributed by atoms with Crippen molar-refractivity contribution in [2.45, 2.75) is 32.0 Å². The van der Waals surface area contributed by atoms with Crippen LogP contribution in [0.5, 0.6) is 5.75 Å². The first kappa shape index (κ1) is 13.9. The molecule has 3 nitrogen and oxygen atoms in total. The van der Waals surface area contributed by atoms with Crippen molar-refractivity contribution in [1.82, 2.24) is 0 Å². The van der Waals surface area contributed by atoms with Crippen LogP contribution in [0.2, 0.25) is 0 Å². The predicted molar refractivity (Wildman–Crippen MR) is 63.6 cm³/mol. The second kappa shape index (κ2) is 6.57. The molecule has 0 aliphatic carbocycles. The molecule has 1 rings (SSSR count). The summed E-state index contributed by atoms with van der Waals surface area (Å²) in [6, 6.07) is 4.72. The number of halogens is 1. The van der Waals surface area contributed by atoms with Crippen LogP contribution in [0.1, 0.15) is 31.4 Å². The average Bonchev–Trinajstić information content (AvgIpc) is 2.35. The Morgan fingerprint density at radius 1 is 1.35 bits per heavy atom. The molecule has 0 saturated heterocycles. The molecule has 0 radical (unpaired) electrons. The minimum atomic E-state index is -0.977. The van der Waals surface area contributed by atoms with Crippen LogP contribution in [-0.4, -0.2) is 25.4 Å². The van der Waals surface area contributed by atoms with E-state index in [-0.39, 0.29) is 11.3 Å². The largest absolute Gasteiger partial charge is 0.494 e. The molecular formula is C13H19FO3. The van der Waals surface area contributed by atoms with E-state index in [9.17, 15) is 9.50 Å². The third kappa shape index (κ3) is 3.17. The Morgan fingerprint density at radius 2 is 2.06 bits per heavy atom. The van der Waals surface area contributed by atoms with E-state index in [1.807, 2.05) is 6.92 Å². The summed E-state index contributed by atoms with van der Waals surface area (Å²) in [7, 11) is 2.91. The predicted octanol–water partition coefficient (Wildman–Crippen LogP) is 2.68. The lowest BCUT2D eigenvalue weighted by atomic mass is 10.00. The molecule has 0 heterocycles. The Hall–Kier alpha value is -1.13. The molecule has 1 aromatic rings. The van der Waals surface area contributed by atoms with Gasteiger partial charge in [0.1, 0.15) is 6.10 Å². The fourth-order valence-corrected chi connectivity index (χ4v) is 1.80. The average molecular weight is 242 g/mol. The van der Waals surface area contributed by atoms with Crippen molar-refractivity contribution < 1.29 is 19.0 Å². The molecular weight excluding hydrogens is 223 g/mol. The highest BCUT2D eigenvalue weighted by molar-refractivity contribution is 5.32. The van der Waals surface area contributed by atoms with Crippen molar-refractivity contribution in [3.8, 4) is 5.75 Å². The molecule has 1 aromatic carbocycles. The SMILES string of the molecule is CCCC(OC)C(O)c1cccc(OC)c1F. The molecule has 0 aliphatic heterocycles. The van der Waals surface area contributed by atoms with Gasteiger partial charge < -0.3 is 14.6 Å². The van der Waals surface area contributed by atoms with E-state index >= 15 is 0 Å². The topological polar surface area (TPSA) is 38.7 Å². The quantitative estimate of drug-likeness (QED) is 0.833. The number of benzene rings is 1. The van der Waals surface area contributed by atoms with Crippen LogP contribution < -0.4 is 4.74 Å². The Labute approximate surface area is 101 Å². The zero-order valence-corrected chi connectivity index (χ0v) is 10.4. The van der Waals surface area contributed by atoms with Crippen LogP contribution in [0.25, 0.3) is 0 Å². The zero-order valence-electron chi connectivity index (χ0n) is 10.4. The van der Waals surface area contributed by atoms with Crippen LogP contribution in [0.15, 0.2) is 18.2 Å². The number of ether oxygens (including phenoxy) is 2. The standard InChI is InChI=1S/C13H19FO3/c1-4-6-11(17-3)13(15)9-7-5-8-10(16-2)12(9)14/h5,7-8,11,13,15H,4,6H2,1-3H3. The Bertz CT molecular complexity index is 355. The lowest BCUT2D eigenvalue weighted by molar-refractivity contribution is -0.0196. The highest BCUT2D eigenvalue weighted by Crippen LogP contribution is 2.29. The maximum Gasteiger partial charge on any atom is 0.170 e. The van der Waals surface area contributed by atoms with E-state index in [4.69, 9.17) is 9.47 Å². The fourth-order valence-electron chi connectivity index (χ4n) is 1.80. The van der Waals surface area contributed by atoms with Gasteiger partial charge in [-0.2, -0.15) is 0 Å². The minimum absolute atomic E-state index is 0.132. The molecule has 17 heavy (non-hydrogen) atoms. The lowest BCUT2D eigenvalue weighted by Gasteiger charge is -2.22. The summed E-state index contributed by atoms with van der Waals surface area (Å²) < 4.78 is 24.0. The number of hydrogen-bond donors (Lipinski definition) is 1. The molecule has 96 valence electrons. The van der Waals surface area contributed by atoms with E-state index in [1.54, 1.807) is 12.1 Å². The van der Waals surface area contributed by atoms with E-state index in [0.717, 1.165) is 6.42 Å². The number of aliphatic hydroxyl groups is 1. The molecule has 0 aromatic heterocycles. The number of aliphatic hydroxyl groups excluding tert-OH is 1. The van der Waals surface area contributed by atoms with Crippen LogP contribution >= 0.6 is 0 Å². The molecule has 1 N–H and O–H groups in total. The molecule has 0 bridgehead atoms. The first-order valence-corrected chi connectivity index (χ1v) is 5.68. The molecule has 2 atom stereocenters. The Balaban J connectivity index is 2.98. The Kier molecular flexibility index (Phi) is 5.38. The van der Waals surface area contributed by atoms with Crippen molar-refractivity contribution in [1.29, 1.82) is 0 Å². The summed E-state index contributed by atoms with van der Waals surface area (Å²) in [5.41, 5.74) is 0.213. The third-order valence-electron chi connectivity index (χ3n) is 2.76. The molecule has 0 spiro atoms. The van der Waals surface area contributed by atoms with Crippen LogP contribution in [0.4, 0.5) is 4.39 Å². The normalized spacial score (nSPS) is 14.4. The van der Waals surface area contributed by atoms with Gasteiger partial charge in [-0.25, -0.2) is 4.39 Å². The van der Waals surface area contributed by atoms with E-state index in [1.165, 1.54) is 20.3 Å². The van der Waals surface area contributed by atoms with Crippen molar-refractivity contribution in [2.75, 3.05) is 14.2 Å². The van der Waals surface area contributed by atoms with Gasteiger partial charge in [0, 0.05) is 12.7 Å². The monoisotopic (exact) mass is 242 g/mol. The summed E-state index contributed by atoms with van der Waals surface area (Å²) in [4.78, 5) is 0. The minimum Gasteiger partial charge on any atom is -0.494 e. The smallest absolute Gasteiger partial charge is 0.170 e. The second-order valence-electron chi connectivity index (χ2n) is 3.87. The first-order chi connectivity index (χ1) is 8.15. The van der Waals surface area contributed by atoms with Crippen LogP contribution in [0.3, 0.4) is 0 Å². The highest BCUT2D eigenvalue weighted by Gasteiger charge is 2.24. The molecule has 0 saturated carbocycles. The van der Waals surface area contributed by atoms with E-state index in [2.05, 4.69) is 0 Å². The lowest BCUT2D eigenvalue weighted by Crippen LogP contribution is -2.21. The molecule has 0 fully saturated rings. The molecule has 0 aliphatic rings. The molecule has 2 unspecified atom stereocenters. The summed E-state index contributed by atoms with van der Waals surface area (Å²) >= 11 is 0. The van der Waals surface area contributed by atoms with Crippen molar-refractivity contribution in [3.05, 3.63) is 29.6 Å². The van der Waals surface area contributed by atoms with Crippen LogP contribution in [-0.2, 0) is 4.74 Å². The summed E-state index contributed by atoms with van der Waals surface area (Å²) in [5, 5.41) is 10.1. The zero-order chi connectivity index (χ0) is 12.8. The molecule has 0 amide bonds. The van der Waals surface area contributed by atoms with Gasteiger partial charge in [-0.15, -0.1) is 0 Å². The first-order valence-electron chi connectivity index (χ1n) is 5.68. The second-order valence-corrected chi connectivity index (χ2v) is 3.87. The van der Waals surface area contributed by atoms with Crippen LogP contribution in [0, 0.1) is 5.82 Å². The van der Waals surface area contributed by atoms with Gasteiger partial charge in [0.2, 0.25) is 0 Å². The Morgan fingerprint density at radius 3 is 2.59 bits per heavy atom. The highest BCUT2D eigenvalue weighted by atomic mass is 19.1. The maximum absolute atomic E-state index is 13.9. The van der Waals surface area contributed by atoms with E-state index < -0.39 is 18.0 Å². The van der Waals surface area contributed by atoms with E-state index in [0.29, 0.717) is 6.42 Å². The fraction of sp³-hybridized carbons (Fsp3) is 0.538. The van der Waals surface area contributed by atoms with Crippen molar-refractivity contribution in [3.63, 3.8) is 0 Å². The summed E-state index contributed by atoms with van der Waals surface area (Å²) in [6.45, 7) is 1.99. The summed E-state index contributed by atoms with van der Waals surface area (Å²) in [5.74, 6) is -0.395. The van der Waals surface area contributed by atoms with Gasteiger partial charge in [-0.05, 0) is 12.5 Å². The third-order valence-corrected chi connectivity index (χ3v) is 2.76. The van der Waals surface area contributed by atoms with Gasteiger partial charge in [-0.1, -0.05) is 25.5 Å².